The second-order valence-electron chi connectivity index (χ2n) is 9.29. The molecule has 0 aliphatic carbocycles. The Hall–Kier alpha value is -3.95. The molecule has 1 aromatic carbocycles. The molecule has 1 atom stereocenters. The van der Waals surface area contributed by atoms with Gasteiger partial charge >= 0.3 is 0 Å². The van der Waals surface area contributed by atoms with E-state index in [9.17, 15) is 9.59 Å². The molecule has 10 nitrogen and oxygen atoms in total. The first kappa shape index (κ1) is 23.8. The molecule has 0 unspecified atom stereocenters. The summed E-state index contributed by atoms with van der Waals surface area (Å²) in [6.45, 7) is 4.15. The van der Waals surface area contributed by atoms with Crippen LogP contribution >= 0.6 is 0 Å². The number of nitrogens with zero attached hydrogens (tertiary/aromatic N) is 5. The smallest absolute Gasteiger partial charge is 0.247 e. The Morgan fingerprint density at radius 3 is 2.75 bits per heavy atom. The van der Waals surface area contributed by atoms with E-state index in [0.29, 0.717) is 24.7 Å². The number of aliphatic imine (C=N–C) groups is 1. The number of hydrogen-bond acceptors (Lipinski definition) is 6. The third-order valence-corrected chi connectivity index (χ3v) is 6.55. The Bertz CT molecular complexity index is 1250. The van der Waals surface area contributed by atoms with Crippen molar-refractivity contribution in [3.63, 3.8) is 0 Å². The molecule has 5 rings (SSSR count). The van der Waals surface area contributed by atoms with Crippen LogP contribution in [0.2, 0.25) is 0 Å². The van der Waals surface area contributed by atoms with E-state index in [1.54, 1.807) is 17.2 Å². The van der Waals surface area contributed by atoms with Crippen molar-refractivity contribution in [1.82, 2.24) is 19.8 Å². The minimum Gasteiger partial charge on any atom is -0.461 e. The van der Waals surface area contributed by atoms with E-state index < -0.39 is 6.04 Å². The molecule has 0 bridgehead atoms. The molecule has 0 saturated carbocycles. The lowest BCUT2D eigenvalue weighted by Gasteiger charge is -2.25. The van der Waals surface area contributed by atoms with Gasteiger partial charge in [0.2, 0.25) is 17.8 Å². The molecular weight excluding hydrogens is 458 g/mol. The fourth-order valence-electron chi connectivity index (χ4n) is 4.72. The maximum atomic E-state index is 13.5. The number of rotatable bonds is 5. The van der Waals surface area contributed by atoms with Gasteiger partial charge in [0.15, 0.2) is 0 Å². The number of benzene rings is 1. The molecule has 2 aliphatic rings. The van der Waals surface area contributed by atoms with Gasteiger partial charge in [-0.1, -0.05) is 0 Å². The number of anilines is 2. The van der Waals surface area contributed by atoms with Crippen LogP contribution in [0.3, 0.4) is 0 Å². The van der Waals surface area contributed by atoms with Crippen molar-refractivity contribution in [2.75, 3.05) is 36.8 Å². The van der Waals surface area contributed by atoms with Crippen molar-refractivity contribution in [1.29, 1.82) is 0 Å². The summed E-state index contributed by atoms with van der Waals surface area (Å²) in [5.41, 5.74) is 1.60. The molecule has 0 radical (unpaired) electrons. The number of furan rings is 1. The highest BCUT2D eigenvalue weighted by atomic mass is 16.3. The predicted molar refractivity (Wildman–Crippen MR) is 138 cm³/mol. The SMILES string of the molecule is Cc1cc2cc(NC(=N[C@H]3CCCCN(CC(=O)N4CCCC4)C3=O)Nc3ccncn3)ccc2o1. The van der Waals surface area contributed by atoms with Gasteiger partial charge in [-0.2, -0.15) is 0 Å². The first-order chi connectivity index (χ1) is 17.5. The molecule has 188 valence electrons. The van der Waals surface area contributed by atoms with Crippen molar-refractivity contribution in [3.8, 4) is 0 Å². The summed E-state index contributed by atoms with van der Waals surface area (Å²) in [5, 5.41) is 7.46. The number of fused-ring (bicyclic) bond motifs is 1. The van der Waals surface area contributed by atoms with E-state index in [-0.39, 0.29) is 18.4 Å². The van der Waals surface area contributed by atoms with E-state index in [0.717, 1.165) is 61.2 Å². The Labute approximate surface area is 209 Å². The molecule has 2 aliphatic heterocycles. The predicted octanol–water partition coefficient (Wildman–Crippen LogP) is 3.41. The van der Waals surface area contributed by atoms with Gasteiger partial charge in [-0.15, -0.1) is 0 Å². The van der Waals surface area contributed by atoms with Crippen LogP contribution in [0.4, 0.5) is 11.5 Å². The fraction of sp³-hybridized carbons (Fsp3) is 0.423. The zero-order valence-electron chi connectivity index (χ0n) is 20.4. The van der Waals surface area contributed by atoms with Gasteiger partial charge in [-0.25, -0.2) is 15.0 Å². The highest BCUT2D eigenvalue weighted by Gasteiger charge is 2.30. The molecule has 3 aromatic rings. The Morgan fingerprint density at radius 1 is 1.11 bits per heavy atom. The lowest BCUT2D eigenvalue weighted by Crippen LogP contribution is -2.45. The zero-order valence-corrected chi connectivity index (χ0v) is 20.4. The second-order valence-corrected chi connectivity index (χ2v) is 9.29. The van der Waals surface area contributed by atoms with Crippen molar-refractivity contribution in [3.05, 3.63) is 48.6 Å². The molecule has 2 amide bonds. The Kier molecular flexibility index (Phi) is 7.11. The molecule has 10 heteroatoms. The molecule has 0 spiro atoms. The van der Waals surface area contributed by atoms with E-state index >= 15 is 0 Å². The molecule has 4 heterocycles. The number of nitrogens with one attached hydrogen (secondary N) is 2. The second kappa shape index (κ2) is 10.8. The molecule has 2 saturated heterocycles. The lowest BCUT2D eigenvalue weighted by molar-refractivity contribution is -0.140. The topological polar surface area (TPSA) is 116 Å². The van der Waals surface area contributed by atoms with E-state index in [1.165, 1.54) is 6.33 Å². The van der Waals surface area contributed by atoms with Gasteiger partial charge in [0.25, 0.3) is 0 Å². The third kappa shape index (κ3) is 5.64. The van der Waals surface area contributed by atoms with Crippen LogP contribution in [0.25, 0.3) is 11.0 Å². The van der Waals surface area contributed by atoms with Crippen LogP contribution in [0.1, 0.15) is 37.9 Å². The summed E-state index contributed by atoms with van der Waals surface area (Å²) < 4.78 is 5.68. The molecule has 2 fully saturated rings. The number of guanidine groups is 1. The summed E-state index contributed by atoms with van der Waals surface area (Å²) in [4.78, 5) is 42.7. The molecular formula is C26H31N7O3. The van der Waals surface area contributed by atoms with Crippen LogP contribution in [0.15, 0.2) is 52.3 Å². The molecule has 2 aromatic heterocycles. The standard InChI is InChI=1S/C26H31N7O3/c1-18-14-19-15-20(7-8-22(19)36-18)29-26(31-23-9-10-27-17-28-23)30-21-6-2-3-13-33(25(21)35)16-24(34)32-11-4-5-12-32/h7-10,14-15,17,21H,2-6,11-13,16H2,1H3,(H2,27,28,29,30,31)/t21-/m0/s1. The van der Waals surface area contributed by atoms with Gasteiger partial charge < -0.3 is 24.9 Å². The third-order valence-electron chi connectivity index (χ3n) is 6.55. The van der Waals surface area contributed by atoms with Crippen LogP contribution in [-0.4, -0.2) is 69.8 Å². The first-order valence-electron chi connectivity index (χ1n) is 12.5. The summed E-state index contributed by atoms with van der Waals surface area (Å²) in [6, 6.07) is 8.87. The monoisotopic (exact) mass is 489 g/mol. The summed E-state index contributed by atoms with van der Waals surface area (Å²) >= 11 is 0. The fourth-order valence-corrected chi connectivity index (χ4v) is 4.72. The minimum atomic E-state index is -0.601. The summed E-state index contributed by atoms with van der Waals surface area (Å²) in [6.07, 6.45) is 7.46. The number of aromatic nitrogens is 2. The summed E-state index contributed by atoms with van der Waals surface area (Å²) in [5.74, 6) is 1.69. The van der Waals surface area contributed by atoms with Gasteiger partial charge in [-0.3, -0.25) is 9.59 Å². The van der Waals surface area contributed by atoms with Crippen LogP contribution < -0.4 is 10.6 Å². The van der Waals surface area contributed by atoms with E-state index in [4.69, 9.17) is 9.41 Å². The highest BCUT2D eigenvalue weighted by Crippen LogP contribution is 2.23. The number of carbonyl (C=O) groups is 2. The molecule has 2 N–H and O–H groups in total. The Morgan fingerprint density at radius 2 is 1.94 bits per heavy atom. The highest BCUT2D eigenvalue weighted by molar-refractivity contribution is 6.05. The van der Waals surface area contributed by atoms with Crippen molar-refractivity contribution in [2.45, 2.75) is 45.1 Å². The largest absolute Gasteiger partial charge is 0.461 e. The van der Waals surface area contributed by atoms with Crippen LogP contribution in [0.5, 0.6) is 0 Å². The quantitative estimate of drug-likeness (QED) is 0.417. The van der Waals surface area contributed by atoms with Gasteiger partial charge in [0.05, 0.1) is 6.54 Å². The maximum absolute atomic E-state index is 13.5. The zero-order chi connectivity index (χ0) is 24.9. The Balaban J connectivity index is 1.38. The normalized spacial score (nSPS) is 19.0. The number of likely N-dealkylation sites (tertiary alicyclic amines) is 2. The average molecular weight is 490 g/mol. The number of carbonyl (C=O) groups excluding carboxylic acids is 2. The van der Waals surface area contributed by atoms with Gasteiger partial charge in [-0.05, 0) is 69.4 Å². The minimum absolute atomic E-state index is 0.0200. The number of hydrogen-bond donors (Lipinski definition) is 2. The maximum Gasteiger partial charge on any atom is 0.247 e. The lowest BCUT2D eigenvalue weighted by atomic mass is 10.1. The number of aryl methyl sites for hydroxylation is 1. The number of amides is 2. The average Bonchev–Trinajstić information content (AvgIpc) is 3.50. The van der Waals surface area contributed by atoms with Crippen LogP contribution in [0, 0.1) is 6.92 Å². The summed E-state index contributed by atoms with van der Waals surface area (Å²) in [7, 11) is 0. The van der Waals surface area contributed by atoms with Gasteiger partial charge in [0.1, 0.15) is 29.5 Å². The van der Waals surface area contributed by atoms with E-state index in [1.807, 2.05) is 36.1 Å². The van der Waals surface area contributed by atoms with Crippen molar-refractivity contribution < 1.29 is 14.0 Å². The van der Waals surface area contributed by atoms with Crippen molar-refractivity contribution in [2.24, 2.45) is 4.99 Å². The van der Waals surface area contributed by atoms with Crippen LogP contribution in [-0.2, 0) is 9.59 Å². The first-order valence-corrected chi connectivity index (χ1v) is 12.5. The van der Waals surface area contributed by atoms with Gasteiger partial charge in [0, 0.05) is 36.9 Å². The molecule has 36 heavy (non-hydrogen) atoms. The van der Waals surface area contributed by atoms with E-state index in [2.05, 4.69) is 20.6 Å². The van der Waals surface area contributed by atoms with Crippen molar-refractivity contribution >= 4 is 40.2 Å².